The zero-order valence-corrected chi connectivity index (χ0v) is 8.75. The van der Waals surface area contributed by atoms with Crippen LogP contribution in [0.25, 0.3) is 0 Å². The Hall–Kier alpha value is -0.590. The van der Waals surface area contributed by atoms with Gasteiger partial charge >= 0.3 is 0 Å². The molecule has 0 unspecified atom stereocenters. The molecule has 0 atom stereocenters. The highest BCUT2D eigenvalue weighted by Crippen LogP contribution is 1.90. The first-order chi connectivity index (χ1) is 6.35. The van der Waals surface area contributed by atoms with Crippen molar-refractivity contribution in [1.82, 2.24) is 4.90 Å². The molecule has 0 saturated heterocycles. The smallest absolute Gasteiger partial charge is 0.0866 e. The maximum Gasteiger partial charge on any atom is 0.0866 e. The molecular weight excluding hydrogens is 164 g/mol. The van der Waals surface area contributed by atoms with E-state index in [1.807, 2.05) is 0 Å². The summed E-state index contributed by atoms with van der Waals surface area (Å²) in [5.41, 5.74) is 0. The standard InChI is InChI=1S/C10H20N2O/c1-3-5-9-13-10-8-12(4-2)7-6-11/h3-5,7-10H2,1-2H3. The second kappa shape index (κ2) is 9.50. The molecule has 0 amide bonds. The van der Waals surface area contributed by atoms with E-state index in [0.717, 1.165) is 32.7 Å². The fourth-order valence-corrected chi connectivity index (χ4v) is 0.991. The molecule has 76 valence electrons. The highest BCUT2D eigenvalue weighted by molar-refractivity contribution is 4.75. The molecule has 0 radical (unpaired) electrons. The SMILES string of the molecule is CCCCOCCN(CC)CC#N. The maximum atomic E-state index is 8.48. The molecule has 0 spiro atoms. The van der Waals surface area contributed by atoms with Crippen LogP contribution < -0.4 is 0 Å². The van der Waals surface area contributed by atoms with Crippen molar-refractivity contribution in [3.8, 4) is 6.07 Å². The molecule has 0 fully saturated rings. The van der Waals surface area contributed by atoms with E-state index in [9.17, 15) is 0 Å². The number of nitrogens with zero attached hydrogens (tertiary/aromatic N) is 2. The van der Waals surface area contributed by atoms with Crippen molar-refractivity contribution in [1.29, 1.82) is 5.26 Å². The van der Waals surface area contributed by atoms with E-state index in [4.69, 9.17) is 10.00 Å². The van der Waals surface area contributed by atoms with E-state index in [-0.39, 0.29) is 0 Å². The lowest BCUT2D eigenvalue weighted by molar-refractivity contribution is 0.107. The number of hydrogen-bond acceptors (Lipinski definition) is 3. The van der Waals surface area contributed by atoms with Gasteiger partial charge in [-0.25, -0.2) is 0 Å². The summed E-state index contributed by atoms with van der Waals surface area (Å²) in [4.78, 5) is 2.08. The van der Waals surface area contributed by atoms with Gasteiger partial charge in [-0.05, 0) is 13.0 Å². The Balaban J connectivity index is 3.23. The Morgan fingerprint density at radius 3 is 2.62 bits per heavy atom. The highest BCUT2D eigenvalue weighted by Gasteiger charge is 1.99. The van der Waals surface area contributed by atoms with Gasteiger partial charge in [-0.15, -0.1) is 0 Å². The molecule has 0 heterocycles. The van der Waals surface area contributed by atoms with E-state index in [1.54, 1.807) is 0 Å². The molecule has 3 nitrogen and oxygen atoms in total. The summed E-state index contributed by atoms with van der Waals surface area (Å²) in [6.45, 7) is 8.10. The van der Waals surface area contributed by atoms with Crippen molar-refractivity contribution in [3.05, 3.63) is 0 Å². The van der Waals surface area contributed by atoms with Crippen LogP contribution in [0.2, 0.25) is 0 Å². The third-order valence-corrected chi connectivity index (χ3v) is 1.94. The largest absolute Gasteiger partial charge is 0.380 e. The zero-order chi connectivity index (χ0) is 9.94. The van der Waals surface area contributed by atoms with Crippen LogP contribution in [0.5, 0.6) is 0 Å². The predicted octanol–water partition coefficient (Wildman–Crippen LogP) is 1.65. The number of unbranched alkanes of at least 4 members (excludes halogenated alkanes) is 1. The van der Waals surface area contributed by atoms with Gasteiger partial charge < -0.3 is 4.74 Å². The zero-order valence-electron chi connectivity index (χ0n) is 8.75. The third kappa shape index (κ3) is 7.76. The molecule has 0 bridgehead atoms. The number of hydrogen-bond donors (Lipinski definition) is 0. The number of likely N-dealkylation sites (N-methyl/N-ethyl adjacent to an activating group) is 1. The van der Waals surface area contributed by atoms with Crippen LogP contribution in [-0.2, 0) is 4.74 Å². The molecule has 0 aromatic heterocycles. The van der Waals surface area contributed by atoms with Gasteiger partial charge in [0.1, 0.15) is 0 Å². The van der Waals surface area contributed by atoms with Crippen molar-refractivity contribution in [3.63, 3.8) is 0 Å². The summed E-state index contributed by atoms with van der Waals surface area (Å²) in [6, 6.07) is 2.14. The summed E-state index contributed by atoms with van der Waals surface area (Å²) in [5, 5.41) is 8.48. The Kier molecular flexibility index (Phi) is 9.07. The van der Waals surface area contributed by atoms with Crippen molar-refractivity contribution >= 4 is 0 Å². The van der Waals surface area contributed by atoms with E-state index < -0.39 is 0 Å². The molecule has 0 aliphatic heterocycles. The summed E-state index contributed by atoms with van der Waals surface area (Å²) >= 11 is 0. The molecule has 0 aromatic carbocycles. The molecule has 0 N–H and O–H groups in total. The number of ether oxygens (including phenoxy) is 1. The van der Waals surface area contributed by atoms with Crippen LogP contribution in [-0.4, -0.2) is 37.7 Å². The molecule has 0 aromatic rings. The van der Waals surface area contributed by atoms with Crippen molar-refractivity contribution in [2.75, 3.05) is 32.8 Å². The minimum atomic E-state index is 0.508. The van der Waals surface area contributed by atoms with Crippen molar-refractivity contribution in [2.24, 2.45) is 0 Å². The fraction of sp³-hybridized carbons (Fsp3) is 0.900. The molecule has 0 saturated carbocycles. The van der Waals surface area contributed by atoms with Gasteiger partial charge in [-0.3, -0.25) is 4.90 Å². The summed E-state index contributed by atoms with van der Waals surface area (Å²) in [7, 11) is 0. The van der Waals surface area contributed by atoms with Crippen LogP contribution in [0.4, 0.5) is 0 Å². The molecule has 0 rings (SSSR count). The Morgan fingerprint density at radius 2 is 2.08 bits per heavy atom. The fourth-order valence-electron chi connectivity index (χ4n) is 0.991. The normalized spacial score (nSPS) is 10.3. The monoisotopic (exact) mass is 184 g/mol. The molecular formula is C10H20N2O. The van der Waals surface area contributed by atoms with Crippen LogP contribution in [0.3, 0.4) is 0 Å². The van der Waals surface area contributed by atoms with Gasteiger partial charge in [0.2, 0.25) is 0 Å². The first-order valence-corrected chi connectivity index (χ1v) is 5.02. The summed E-state index contributed by atoms with van der Waals surface area (Å²) in [5.74, 6) is 0. The van der Waals surface area contributed by atoms with E-state index >= 15 is 0 Å². The second-order valence-electron chi connectivity index (χ2n) is 2.99. The molecule has 0 aliphatic carbocycles. The lowest BCUT2D eigenvalue weighted by Crippen LogP contribution is -2.27. The first-order valence-electron chi connectivity index (χ1n) is 5.02. The highest BCUT2D eigenvalue weighted by atomic mass is 16.5. The quantitative estimate of drug-likeness (QED) is 0.425. The summed E-state index contributed by atoms with van der Waals surface area (Å²) < 4.78 is 5.40. The number of nitriles is 1. The van der Waals surface area contributed by atoms with Gasteiger partial charge in [0.25, 0.3) is 0 Å². The second-order valence-corrected chi connectivity index (χ2v) is 2.99. The van der Waals surface area contributed by atoms with Gasteiger partial charge in [0, 0.05) is 13.2 Å². The first kappa shape index (κ1) is 12.4. The van der Waals surface area contributed by atoms with Gasteiger partial charge in [-0.2, -0.15) is 5.26 Å². The van der Waals surface area contributed by atoms with Crippen molar-refractivity contribution < 1.29 is 4.74 Å². The average molecular weight is 184 g/mol. The minimum Gasteiger partial charge on any atom is -0.380 e. The minimum absolute atomic E-state index is 0.508. The van der Waals surface area contributed by atoms with Gasteiger partial charge in [0.05, 0.1) is 19.2 Å². The topological polar surface area (TPSA) is 36.3 Å². The van der Waals surface area contributed by atoms with Crippen LogP contribution in [0.15, 0.2) is 0 Å². The van der Waals surface area contributed by atoms with Gasteiger partial charge in [-0.1, -0.05) is 20.3 Å². The Bertz CT molecular complexity index is 142. The van der Waals surface area contributed by atoms with Crippen LogP contribution >= 0.6 is 0 Å². The van der Waals surface area contributed by atoms with Crippen LogP contribution in [0.1, 0.15) is 26.7 Å². The number of rotatable bonds is 8. The van der Waals surface area contributed by atoms with E-state index in [1.165, 1.54) is 6.42 Å². The van der Waals surface area contributed by atoms with Gasteiger partial charge in [0.15, 0.2) is 0 Å². The third-order valence-electron chi connectivity index (χ3n) is 1.94. The van der Waals surface area contributed by atoms with Crippen molar-refractivity contribution in [2.45, 2.75) is 26.7 Å². The maximum absolute atomic E-state index is 8.48. The molecule has 3 heteroatoms. The Labute approximate surface area is 81.3 Å². The average Bonchev–Trinajstić information content (AvgIpc) is 2.16. The lowest BCUT2D eigenvalue weighted by Gasteiger charge is -2.15. The van der Waals surface area contributed by atoms with E-state index in [0.29, 0.717) is 6.54 Å². The Morgan fingerprint density at radius 1 is 1.31 bits per heavy atom. The molecule has 0 aliphatic rings. The van der Waals surface area contributed by atoms with Crippen LogP contribution in [0, 0.1) is 11.3 Å². The predicted molar refractivity (Wildman–Crippen MR) is 53.5 cm³/mol. The summed E-state index contributed by atoms with van der Waals surface area (Å²) in [6.07, 6.45) is 2.31. The molecule has 13 heavy (non-hydrogen) atoms. The van der Waals surface area contributed by atoms with E-state index in [2.05, 4.69) is 24.8 Å². The lowest BCUT2D eigenvalue weighted by atomic mass is 10.4.